The summed E-state index contributed by atoms with van der Waals surface area (Å²) in [6, 6.07) is 11.7. The molecule has 10 heteroatoms. The van der Waals surface area contributed by atoms with Crippen LogP contribution in [0.15, 0.2) is 68.8 Å². The molecule has 0 saturated carbocycles. The fraction of sp³-hybridized carbons (Fsp3) is 0.0952. The number of aryl methyl sites for hydroxylation is 1. The molecule has 0 saturated heterocycles. The van der Waals surface area contributed by atoms with Crippen LogP contribution in [0.4, 0.5) is 13.2 Å². The SMILES string of the molecule is Cc1cc(C=Cc2ccc(C(F)(F)F)cc2)[nH]c(=O)c1OS(=O)(=O)c1ccc(Br)cc1. The Labute approximate surface area is 184 Å². The lowest BCUT2D eigenvalue weighted by Crippen LogP contribution is -2.19. The van der Waals surface area contributed by atoms with E-state index < -0.39 is 27.4 Å². The van der Waals surface area contributed by atoms with Crippen molar-refractivity contribution >= 4 is 38.2 Å². The van der Waals surface area contributed by atoms with E-state index in [1.54, 1.807) is 0 Å². The second kappa shape index (κ2) is 8.72. The Kier molecular flexibility index (Phi) is 6.42. The molecule has 0 aliphatic carbocycles. The van der Waals surface area contributed by atoms with Crippen molar-refractivity contribution in [2.45, 2.75) is 18.0 Å². The minimum atomic E-state index is -4.42. The van der Waals surface area contributed by atoms with Crippen LogP contribution in [0.1, 0.15) is 22.4 Å². The molecule has 1 heterocycles. The van der Waals surface area contributed by atoms with E-state index in [2.05, 4.69) is 20.9 Å². The van der Waals surface area contributed by atoms with Crippen LogP contribution in [0.3, 0.4) is 0 Å². The summed E-state index contributed by atoms with van der Waals surface area (Å²) in [7, 11) is -4.21. The van der Waals surface area contributed by atoms with Crippen LogP contribution in [0.25, 0.3) is 12.2 Å². The number of hydrogen-bond acceptors (Lipinski definition) is 4. The maximum atomic E-state index is 12.6. The van der Waals surface area contributed by atoms with Gasteiger partial charge < -0.3 is 9.17 Å². The Bertz CT molecular complexity index is 1280. The van der Waals surface area contributed by atoms with Gasteiger partial charge in [0.15, 0.2) is 0 Å². The molecule has 0 atom stereocenters. The summed E-state index contributed by atoms with van der Waals surface area (Å²) in [4.78, 5) is 14.8. The van der Waals surface area contributed by atoms with E-state index in [9.17, 15) is 26.4 Å². The zero-order valence-electron chi connectivity index (χ0n) is 15.9. The van der Waals surface area contributed by atoms with Gasteiger partial charge in [-0.15, -0.1) is 0 Å². The van der Waals surface area contributed by atoms with Crippen LogP contribution in [0.5, 0.6) is 5.75 Å². The summed E-state index contributed by atoms with van der Waals surface area (Å²) >= 11 is 3.21. The summed E-state index contributed by atoms with van der Waals surface area (Å²) in [6.07, 6.45) is -1.41. The number of alkyl halides is 3. The van der Waals surface area contributed by atoms with Crippen molar-refractivity contribution in [1.29, 1.82) is 0 Å². The Morgan fingerprint density at radius 1 is 1.00 bits per heavy atom. The molecule has 0 amide bonds. The topological polar surface area (TPSA) is 76.2 Å². The van der Waals surface area contributed by atoms with E-state index in [-0.39, 0.29) is 16.2 Å². The molecule has 0 fully saturated rings. The van der Waals surface area contributed by atoms with Crippen molar-refractivity contribution in [3.05, 3.63) is 91.8 Å². The Morgan fingerprint density at radius 2 is 1.61 bits per heavy atom. The molecule has 0 radical (unpaired) electrons. The van der Waals surface area contributed by atoms with Crippen LogP contribution in [0.2, 0.25) is 0 Å². The number of hydrogen-bond donors (Lipinski definition) is 1. The molecule has 0 aliphatic heterocycles. The zero-order chi connectivity index (χ0) is 22.8. The van der Waals surface area contributed by atoms with Gasteiger partial charge in [0.05, 0.1) is 5.56 Å². The monoisotopic (exact) mass is 513 g/mol. The molecular weight excluding hydrogens is 499 g/mol. The number of rotatable bonds is 5. The van der Waals surface area contributed by atoms with Crippen LogP contribution < -0.4 is 9.74 Å². The number of halogens is 4. The van der Waals surface area contributed by atoms with E-state index in [0.29, 0.717) is 15.7 Å². The zero-order valence-corrected chi connectivity index (χ0v) is 18.3. The highest BCUT2D eigenvalue weighted by Crippen LogP contribution is 2.29. The second-order valence-corrected chi connectivity index (χ2v) is 8.97. The summed E-state index contributed by atoms with van der Waals surface area (Å²) in [5, 5.41) is 0. The van der Waals surface area contributed by atoms with Gasteiger partial charge in [0.25, 0.3) is 5.56 Å². The van der Waals surface area contributed by atoms with Gasteiger partial charge >= 0.3 is 16.3 Å². The number of nitrogens with one attached hydrogen (secondary N) is 1. The first-order valence-electron chi connectivity index (χ1n) is 8.75. The number of pyridine rings is 1. The lowest BCUT2D eigenvalue weighted by Gasteiger charge is -2.09. The molecule has 0 spiro atoms. The second-order valence-electron chi connectivity index (χ2n) is 6.51. The molecule has 0 aliphatic rings. The molecule has 3 rings (SSSR count). The van der Waals surface area contributed by atoms with Crippen molar-refractivity contribution in [3.63, 3.8) is 0 Å². The molecule has 162 valence electrons. The van der Waals surface area contributed by atoms with Crippen molar-refractivity contribution in [3.8, 4) is 5.75 Å². The molecule has 0 bridgehead atoms. The Balaban J connectivity index is 1.82. The van der Waals surface area contributed by atoms with Crippen LogP contribution in [0, 0.1) is 6.92 Å². The van der Waals surface area contributed by atoms with Crippen LogP contribution in [-0.2, 0) is 16.3 Å². The number of H-pyrrole nitrogens is 1. The minimum absolute atomic E-state index is 0.110. The molecule has 2 aromatic carbocycles. The van der Waals surface area contributed by atoms with Gasteiger partial charge in [0, 0.05) is 15.7 Å². The van der Waals surface area contributed by atoms with Gasteiger partial charge in [0.2, 0.25) is 5.75 Å². The predicted octanol–water partition coefficient (Wildman–Crippen LogP) is 5.40. The summed E-state index contributed by atoms with van der Waals surface area (Å²) in [5.74, 6) is -0.366. The fourth-order valence-electron chi connectivity index (χ4n) is 2.62. The van der Waals surface area contributed by atoms with E-state index in [1.165, 1.54) is 61.5 Å². The van der Waals surface area contributed by atoms with Crippen molar-refractivity contribution in [1.82, 2.24) is 4.98 Å². The average Bonchev–Trinajstić information content (AvgIpc) is 2.69. The minimum Gasteiger partial charge on any atom is -0.373 e. The standard InChI is InChI=1S/C21H15BrF3NO4S/c1-13-12-17(9-4-14-2-5-15(6-3-14)21(23,24)25)26-20(27)19(13)30-31(28,29)18-10-7-16(22)8-11-18/h2-12H,1H3,(H,26,27). The van der Waals surface area contributed by atoms with Gasteiger partial charge in [-0.3, -0.25) is 4.79 Å². The molecule has 3 aromatic rings. The normalized spacial score (nSPS) is 12.3. The highest BCUT2D eigenvalue weighted by Gasteiger charge is 2.29. The summed E-state index contributed by atoms with van der Waals surface area (Å²) in [6.45, 7) is 1.51. The van der Waals surface area contributed by atoms with Crippen molar-refractivity contribution < 1.29 is 25.8 Å². The van der Waals surface area contributed by atoms with Crippen LogP contribution >= 0.6 is 15.9 Å². The number of benzene rings is 2. The Morgan fingerprint density at radius 3 is 2.16 bits per heavy atom. The number of aromatic amines is 1. The smallest absolute Gasteiger partial charge is 0.373 e. The lowest BCUT2D eigenvalue weighted by atomic mass is 10.1. The molecule has 31 heavy (non-hydrogen) atoms. The van der Waals surface area contributed by atoms with E-state index in [0.717, 1.165) is 12.1 Å². The van der Waals surface area contributed by atoms with Gasteiger partial charge in [-0.1, -0.05) is 34.1 Å². The molecule has 1 aromatic heterocycles. The Hall–Kier alpha value is -2.85. The third kappa shape index (κ3) is 5.65. The first-order valence-corrected chi connectivity index (χ1v) is 11.0. The van der Waals surface area contributed by atoms with Gasteiger partial charge in [-0.05, 0) is 61.0 Å². The lowest BCUT2D eigenvalue weighted by molar-refractivity contribution is -0.137. The van der Waals surface area contributed by atoms with E-state index >= 15 is 0 Å². The third-order valence-electron chi connectivity index (χ3n) is 4.18. The van der Waals surface area contributed by atoms with Gasteiger partial charge in [-0.25, -0.2) is 0 Å². The largest absolute Gasteiger partial charge is 0.416 e. The first-order chi connectivity index (χ1) is 14.5. The fourth-order valence-corrected chi connectivity index (χ4v) is 3.88. The number of aromatic nitrogens is 1. The van der Waals surface area contributed by atoms with Crippen molar-refractivity contribution in [2.24, 2.45) is 0 Å². The van der Waals surface area contributed by atoms with Crippen LogP contribution in [-0.4, -0.2) is 13.4 Å². The molecule has 0 unspecified atom stereocenters. The van der Waals surface area contributed by atoms with Gasteiger partial charge in [0.1, 0.15) is 4.90 Å². The maximum Gasteiger partial charge on any atom is 0.416 e. The van der Waals surface area contributed by atoms with E-state index in [4.69, 9.17) is 4.18 Å². The third-order valence-corrected chi connectivity index (χ3v) is 5.95. The quantitative estimate of drug-likeness (QED) is 0.463. The van der Waals surface area contributed by atoms with E-state index in [1.807, 2.05) is 0 Å². The molecular formula is C21H15BrF3NO4S. The highest BCUT2D eigenvalue weighted by atomic mass is 79.9. The predicted molar refractivity (Wildman–Crippen MR) is 114 cm³/mol. The summed E-state index contributed by atoms with van der Waals surface area (Å²) in [5.41, 5.74) is -0.424. The van der Waals surface area contributed by atoms with Crippen molar-refractivity contribution in [2.75, 3.05) is 0 Å². The first kappa shape index (κ1) is 22.8. The maximum absolute atomic E-state index is 12.6. The summed E-state index contributed by atoms with van der Waals surface area (Å²) < 4.78 is 68.5. The highest BCUT2D eigenvalue weighted by molar-refractivity contribution is 9.10. The average molecular weight is 514 g/mol. The molecule has 1 N–H and O–H groups in total. The van der Waals surface area contributed by atoms with Gasteiger partial charge in [-0.2, -0.15) is 21.6 Å². The molecule has 5 nitrogen and oxygen atoms in total.